The third-order valence-electron chi connectivity index (χ3n) is 1.71. The van der Waals surface area contributed by atoms with Crippen molar-refractivity contribution in [3.8, 4) is 0 Å². The first-order valence-corrected chi connectivity index (χ1v) is 5.51. The second-order valence-electron chi connectivity index (χ2n) is 5.22. The molecule has 0 heterocycles. The Labute approximate surface area is 102 Å². The molecule has 5 nitrogen and oxygen atoms in total. The molecule has 0 aliphatic carbocycles. The van der Waals surface area contributed by atoms with Crippen molar-refractivity contribution in [2.75, 3.05) is 13.2 Å². The summed E-state index contributed by atoms with van der Waals surface area (Å²) in [5.74, 6) is -0.784. The molecule has 0 aliphatic rings. The summed E-state index contributed by atoms with van der Waals surface area (Å²) in [6.45, 7) is 10.1. The maximum Gasteiger partial charge on any atom is 0.302 e. The zero-order valence-corrected chi connectivity index (χ0v) is 11.5. The Kier molecular flexibility index (Phi) is 5.61. The van der Waals surface area contributed by atoms with E-state index in [1.54, 1.807) is 6.92 Å². The lowest BCUT2D eigenvalue weighted by molar-refractivity contribution is -0.189. The molecule has 0 aromatic rings. The van der Waals surface area contributed by atoms with E-state index < -0.39 is 23.1 Å². The lowest BCUT2D eigenvalue weighted by Crippen LogP contribution is -2.45. The molecular weight excluding hydrogens is 224 g/mol. The summed E-state index contributed by atoms with van der Waals surface area (Å²) < 4.78 is 15.6. The fourth-order valence-electron chi connectivity index (χ4n) is 1.35. The number of hydrogen-bond acceptors (Lipinski definition) is 5. The predicted molar refractivity (Wildman–Crippen MR) is 62.5 cm³/mol. The maximum absolute atomic E-state index is 10.8. The summed E-state index contributed by atoms with van der Waals surface area (Å²) in [6, 6.07) is 0. The van der Waals surface area contributed by atoms with Crippen LogP contribution in [-0.2, 0) is 23.8 Å². The molecule has 0 spiro atoms. The minimum absolute atomic E-state index is 0.0485. The van der Waals surface area contributed by atoms with Crippen LogP contribution in [0.5, 0.6) is 0 Å². The maximum atomic E-state index is 10.8. The van der Waals surface area contributed by atoms with Gasteiger partial charge in [0.1, 0.15) is 18.8 Å². The van der Waals surface area contributed by atoms with Crippen molar-refractivity contribution < 1.29 is 23.8 Å². The highest BCUT2D eigenvalue weighted by atomic mass is 16.6. The van der Waals surface area contributed by atoms with E-state index in [-0.39, 0.29) is 13.2 Å². The van der Waals surface area contributed by atoms with E-state index in [9.17, 15) is 9.59 Å². The molecule has 0 N–H and O–H groups in total. The van der Waals surface area contributed by atoms with Crippen LogP contribution in [0.1, 0.15) is 41.5 Å². The quantitative estimate of drug-likeness (QED) is 0.691. The van der Waals surface area contributed by atoms with Crippen molar-refractivity contribution in [1.29, 1.82) is 0 Å². The molecule has 0 aliphatic heterocycles. The molecule has 0 unspecified atom stereocenters. The van der Waals surface area contributed by atoms with Gasteiger partial charge in [-0.15, -0.1) is 0 Å². The number of carbonyl (C=O) groups is 2. The van der Waals surface area contributed by atoms with Crippen molar-refractivity contribution in [2.45, 2.75) is 52.7 Å². The van der Waals surface area contributed by atoms with Gasteiger partial charge in [0.25, 0.3) is 0 Å². The lowest BCUT2D eigenvalue weighted by atomic mass is 10.1. The Morgan fingerprint density at radius 3 is 1.47 bits per heavy atom. The van der Waals surface area contributed by atoms with E-state index in [1.165, 1.54) is 13.8 Å². The minimum atomic E-state index is -0.838. The highest BCUT2D eigenvalue weighted by Crippen LogP contribution is 2.21. The zero-order valence-electron chi connectivity index (χ0n) is 11.5. The van der Waals surface area contributed by atoms with Crippen LogP contribution in [0.15, 0.2) is 0 Å². The summed E-state index contributed by atoms with van der Waals surface area (Å²) in [6.07, 6.45) is 0. The predicted octanol–water partition coefficient (Wildman–Crippen LogP) is 1.69. The number of hydrogen-bond donors (Lipinski definition) is 0. The van der Waals surface area contributed by atoms with Gasteiger partial charge in [0.05, 0.1) is 5.60 Å². The van der Waals surface area contributed by atoms with E-state index in [0.29, 0.717) is 0 Å². The molecule has 0 fully saturated rings. The second-order valence-corrected chi connectivity index (χ2v) is 5.22. The Bertz CT molecular complexity index is 259. The van der Waals surface area contributed by atoms with Gasteiger partial charge in [0.15, 0.2) is 0 Å². The average Bonchev–Trinajstić information content (AvgIpc) is 2.09. The third kappa shape index (κ3) is 8.68. The molecule has 0 bridgehead atoms. The first kappa shape index (κ1) is 15.9. The molecular formula is C12H22O5. The topological polar surface area (TPSA) is 61.8 Å². The van der Waals surface area contributed by atoms with Crippen LogP contribution < -0.4 is 0 Å². The van der Waals surface area contributed by atoms with Gasteiger partial charge in [0.2, 0.25) is 0 Å². The van der Waals surface area contributed by atoms with Crippen molar-refractivity contribution in [1.82, 2.24) is 0 Å². The van der Waals surface area contributed by atoms with Gasteiger partial charge >= 0.3 is 11.9 Å². The summed E-state index contributed by atoms with van der Waals surface area (Å²) in [5.41, 5.74) is -1.26. The van der Waals surface area contributed by atoms with Gasteiger partial charge in [-0.3, -0.25) is 9.59 Å². The van der Waals surface area contributed by atoms with E-state index in [0.717, 1.165) is 0 Å². The number of carbonyl (C=O) groups excluding carboxylic acids is 2. The Morgan fingerprint density at radius 2 is 1.24 bits per heavy atom. The molecule has 5 heteroatoms. The van der Waals surface area contributed by atoms with Gasteiger partial charge in [-0.1, -0.05) is 0 Å². The summed E-state index contributed by atoms with van der Waals surface area (Å²) in [7, 11) is 0. The smallest absolute Gasteiger partial charge is 0.302 e. The molecule has 0 radical (unpaired) electrons. The van der Waals surface area contributed by atoms with Crippen molar-refractivity contribution in [3.05, 3.63) is 0 Å². The monoisotopic (exact) mass is 246 g/mol. The molecule has 0 aromatic heterocycles. The van der Waals surface area contributed by atoms with Gasteiger partial charge in [-0.25, -0.2) is 0 Å². The van der Waals surface area contributed by atoms with Crippen LogP contribution in [0.3, 0.4) is 0 Å². The van der Waals surface area contributed by atoms with E-state index in [1.807, 2.05) is 20.8 Å². The Hall–Kier alpha value is -1.10. The zero-order chi connectivity index (χ0) is 13.7. The van der Waals surface area contributed by atoms with E-state index in [2.05, 4.69) is 0 Å². The molecule has 0 saturated heterocycles. The van der Waals surface area contributed by atoms with Crippen LogP contribution >= 0.6 is 0 Å². The molecule has 0 aromatic carbocycles. The van der Waals surface area contributed by atoms with Crippen LogP contribution in [0.25, 0.3) is 0 Å². The van der Waals surface area contributed by atoms with Gasteiger partial charge in [-0.05, 0) is 27.7 Å². The largest absolute Gasteiger partial charge is 0.463 e. The standard InChI is InChI=1S/C12H22O5/c1-9(13)15-7-12(6,8-16-10(2)14)17-11(3,4)5/h7-8H2,1-6H3. The van der Waals surface area contributed by atoms with E-state index >= 15 is 0 Å². The summed E-state index contributed by atoms with van der Waals surface area (Å²) >= 11 is 0. The molecule has 0 saturated carbocycles. The van der Waals surface area contributed by atoms with Gasteiger partial charge in [-0.2, -0.15) is 0 Å². The molecule has 17 heavy (non-hydrogen) atoms. The normalized spacial score (nSPS) is 12.1. The van der Waals surface area contributed by atoms with Crippen LogP contribution in [0.2, 0.25) is 0 Å². The highest BCUT2D eigenvalue weighted by Gasteiger charge is 2.33. The highest BCUT2D eigenvalue weighted by molar-refractivity contribution is 5.66. The van der Waals surface area contributed by atoms with Crippen LogP contribution in [0.4, 0.5) is 0 Å². The molecule has 0 atom stereocenters. The van der Waals surface area contributed by atoms with Crippen molar-refractivity contribution in [2.24, 2.45) is 0 Å². The second kappa shape index (κ2) is 6.00. The Morgan fingerprint density at radius 1 is 0.882 bits per heavy atom. The lowest BCUT2D eigenvalue weighted by Gasteiger charge is -2.35. The van der Waals surface area contributed by atoms with E-state index in [4.69, 9.17) is 14.2 Å². The first-order valence-electron chi connectivity index (χ1n) is 5.51. The summed E-state index contributed by atoms with van der Waals surface area (Å²) in [5, 5.41) is 0. The van der Waals surface area contributed by atoms with Crippen molar-refractivity contribution >= 4 is 11.9 Å². The Balaban J connectivity index is 4.55. The number of esters is 2. The molecule has 100 valence electrons. The molecule has 0 amide bonds. The summed E-state index contributed by atoms with van der Waals surface area (Å²) in [4.78, 5) is 21.6. The minimum Gasteiger partial charge on any atom is -0.463 e. The SMILES string of the molecule is CC(=O)OCC(C)(COC(C)=O)OC(C)(C)C. The van der Waals surface area contributed by atoms with Crippen LogP contribution in [-0.4, -0.2) is 36.4 Å². The first-order chi connectivity index (χ1) is 7.54. The number of ether oxygens (including phenoxy) is 3. The van der Waals surface area contributed by atoms with Gasteiger partial charge in [0, 0.05) is 13.8 Å². The molecule has 0 rings (SSSR count). The fraction of sp³-hybridized carbons (Fsp3) is 0.833. The van der Waals surface area contributed by atoms with Gasteiger partial charge < -0.3 is 14.2 Å². The van der Waals surface area contributed by atoms with Crippen molar-refractivity contribution in [3.63, 3.8) is 0 Å². The fourth-order valence-corrected chi connectivity index (χ4v) is 1.35. The number of rotatable bonds is 5. The van der Waals surface area contributed by atoms with Crippen LogP contribution in [0, 0.1) is 0 Å². The third-order valence-corrected chi connectivity index (χ3v) is 1.71. The average molecular weight is 246 g/mol.